The standard InChI is InChI=1S/C28H29N3O2/c32-27(23-9-3-1-4-10-23)20-30-17-15-22(16-18-30)19-31-26-14-8-7-13-25(26)29-28(31)21-33-24-11-5-2-6-12-24/h1-14,22H,15-21H2. The Bertz CT molecular complexity index is 1200. The Morgan fingerprint density at radius 2 is 1.55 bits per heavy atom. The summed E-state index contributed by atoms with van der Waals surface area (Å²) in [5.74, 6) is 2.57. The van der Waals surface area contributed by atoms with E-state index >= 15 is 0 Å². The van der Waals surface area contributed by atoms with Gasteiger partial charge in [-0.2, -0.15) is 0 Å². The van der Waals surface area contributed by atoms with E-state index in [2.05, 4.69) is 27.7 Å². The van der Waals surface area contributed by atoms with Crippen LogP contribution in [0.25, 0.3) is 11.0 Å². The highest BCUT2D eigenvalue weighted by atomic mass is 16.5. The Morgan fingerprint density at radius 1 is 0.879 bits per heavy atom. The molecule has 0 amide bonds. The fourth-order valence-electron chi connectivity index (χ4n) is 4.61. The number of imidazole rings is 1. The van der Waals surface area contributed by atoms with E-state index in [1.807, 2.05) is 66.7 Å². The normalized spacial score (nSPS) is 15.0. The number of carbonyl (C=O) groups is 1. The number of benzene rings is 3. The lowest BCUT2D eigenvalue weighted by molar-refractivity contribution is 0.0890. The summed E-state index contributed by atoms with van der Waals surface area (Å²) in [4.78, 5) is 19.7. The first-order valence-electron chi connectivity index (χ1n) is 11.7. The van der Waals surface area contributed by atoms with E-state index in [0.29, 0.717) is 19.1 Å². The molecule has 1 fully saturated rings. The maximum Gasteiger partial charge on any atom is 0.176 e. The summed E-state index contributed by atoms with van der Waals surface area (Å²) in [6, 6.07) is 27.8. The maximum atomic E-state index is 12.6. The summed E-state index contributed by atoms with van der Waals surface area (Å²) < 4.78 is 8.35. The van der Waals surface area contributed by atoms with Gasteiger partial charge in [-0.15, -0.1) is 0 Å². The van der Waals surface area contributed by atoms with E-state index in [-0.39, 0.29) is 5.78 Å². The first-order valence-corrected chi connectivity index (χ1v) is 11.7. The predicted molar refractivity (Wildman–Crippen MR) is 130 cm³/mol. The number of piperidine rings is 1. The topological polar surface area (TPSA) is 47.4 Å². The zero-order valence-corrected chi connectivity index (χ0v) is 18.8. The van der Waals surface area contributed by atoms with Crippen molar-refractivity contribution in [1.82, 2.24) is 14.5 Å². The number of ether oxygens (including phenoxy) is 1. The van der Waals surface area contributed by atoms with Crippen molar-refractivity contribution in [3.8, 4) is 5.75 Å². The second kappa shape index (κ2) is 10.0. The average Bonchev–Trinajstić information content (AvgIpc) is 3.22. The molecule has 1 aliphatic rings. The van der Waals surface area contributed by atoms with E-state index in [1.54, 1.807) is 0 Å². The second-order valence-corrected chi connectivity index (χ2v) is 8.74. The molecule has 5 rings (SSSR count). The minimum Gasteiger partial charge on any atom is -0.486 e. The third-order valence-electron chi connectivity index (χ3n) is 6.46. The van der Waals surface area contributed by atoms with Gasteiger partial charge in [0.05, 0.1) is 17.6 Å². The quantitative estimate of drug-likeness (QED) is 0.354. The summed E-state index contributed by atoms with van der Waals surface area (Å²) in [6.45, 7) is 3.77. The number of para-hydroxylation sites is 3. The molecule has 0 atom stereocenters. The van der Waals surface area contributed by atoms with Crippen molar-refractivity contribution in [3.63, 3.8) is 0 Å². The van der Waals surface area contributed by atoms with Crippen LogP contribution in [0.4, 0.5) is 0 Å². The fraction of sp³-hybridized carbons (Fsp3) is 0.286. The number of rotatable bonds is 8. The second-order valence-electron chi connectivity index (χ2n) is 8.74. The molecule has 5 heteroatoms. The molecular weight excluding hydrogens is 410 g/mol. The van der Waals surface area contributed by atoms with Crippen molar-refractivity contribution in [3.05, 3.63) is 96.3 Å². The van der Waals surface area contributed by atoms with Crippen LogP contribution in [0, 0.1) is 5.92 Å². The van der Waals surface area contributed by atoms with E-state index in [9.17, 15) is 4.79 Å². The van der Waals surface area contributed by atoms with Crippen LogP contribution >= 0.6 is 0 Å². The van der Waals surface area contributed by atoms with Crippen LogP contribution in [-0.4, -0.2) is 39.9 Å². The zero-order valence-electron chi connectivity index (χ0n) is 18.8. The number of hydrogen-bond acceptors (Lipinski definition) is 4. The van der Waals surface area contributed by atoms with E-state index in [1.165, 1.54) is 0 Å². The van der Waals surface area contributed by atoms with Crippen molar-refractivity contribution in [2.45, 2.75) is 26.0 Å². The first-order chi connectivity index (χ1) is 16.3. The molecule has 4 aromatic rings. The number of carbonyl (C=O) groups excluding carboxylic acids is 1. The molecule has 0 bridgehead atoms. The highest BCUT2D eigenvalue weighted by molar-refractivity contribution is 5.97. The number of likely N-dealkylation sites (tertiary alicyclic amines) is 1. The first kappa shape index (κ1) is 21.4. The molecular formula is C28H29N3O2. The minimum absolute atomic E-state index is 0.204. The average molecular weight is 440 g/mol. The molecule has 0 radical (unpaired) electrons. The van der Waals surface area contributed by atoms with Crippen molar-refractivity contribution in [2.24, 2.45) is 5.92 Å². The highest BCUT2D eigenvalue weighted by Gasteiger charge is 2.23. The Hall–Kier alpha value is -3.44. The van der Waals surface area contributed by atoms with E-state index in [4.69, 9.17) is 9.72 Å². The minimum atomic E-state index is 0.204. The van der Waals surface area contributed by atoms with E-state index in [0.717, 1.165) is 60.6 Å². The van der Waals surface area contributed by atoms with Crippen molar-refractivity contribution in [1.29, 1.82) is 0 Å². The molecule has 168 valence electrons. The van der Waals surface area contributed by atoms with Crippen LogP contribution in [0.2, 0.25) is 0 Å². The van der Waals surface area contributed by atoms with Gasteiger partial charge in [-0.05, 0) is 56.1 Å². The van der Waals surface area contributed by atoms with Gasteiger partial charge < -0.3 is 9.30 Å². The lowest BCUT2D eigenvalue weighted by Gasteiger charge is -2.32. The van der Waals surface area contributed by atoms with Crippen LogP contribution in [0.1, 0.15) is 29.0 Å². The van der Waals surface area contributed by atoms with Gasteiger partial charge in [-0.3, -0.25) is 9.69 Å². The number of hydrogen-bond donors (Lipinski definition) is 0. The predicted octanol–water partition coefficient (Wildman–Crippen LogP) is 5.21. The molecule has 33 heavy (non-hydrogen) atoms. The zero-order chi connectivity index (χ0) is 22.5. The number of nitrogens with zero attached hydrogens (tertiary/aromatic N) is 3. The van der Waals surface area contributed by atoms with Crippen LogP contribution in [0.15, 0.2) is 84.9 Å². The molecule has 1 saturated heterocycles. The molecule has 0 aliphatic carbocycles. The number of aromatic nitrogens is 2. The summed E-state index contributed by atoms with van der Waals surface area (Å²) in [5.41, 5.74) is 2.97. The van der Waals surface area contributed by atoms with Gasteiger partial charge in [0.2, 0.25) is 0 Å². The fourth-order valence-corrected chi connectivity index (χ4v) is 4.61. The Morgan fingerprint density at radius 3 is 2.30 bits per heavy atom. The lowest BCUT2D eigenvalue weighted by Crippen LogP contribution is -2.38. The summed E-state index contributed by atoms with van der Waals surface area (Å²) in [7, 11) is 0. The van der Waals surface area contributed by atoms with Crippen molar-refractivity contribution in [2.75, 3.05) is 19.6 Å². The number of fused-ring (bicyclic) bond motifs is 1. The molecule has 1 aliphatic heterocycles. The van der Waals surface area contributed by atoms with Gasteiger partial charge in [-0.1, -0.05) is 60.7 Å². The van der Waals surface area contributed by atoms with Gasteiger partial charge >= 0.3 is 0 Å². The largest absolute Gasteiger partial charge is 0.486 e. The molecule has 0 spiro atoms. The van der Waals surface area contributed by atoms with Crippen molar-refractivity contribution >= 4 is 16.8 Å². The molecule has 2 heterocycles. The van der Waals surface area contributed by atoms with Crippen LogP contribution in [0.3, 0.4) is 0 Å². The monoisotopic (exact) mass is 439 g/mol. The molecule has 1 aromatic heterocycles. The van der Waals surface area contributed by atoms with Gasteiger partial charge in [0.15, 0.2) is 5.78 Å². The van der Waals surface area contributed by atoms with Gasteiger partial charge in [0.25, 0.3) is 0 Å². The SMILES string of the molecule is O=C(CN1CCC(Cn2c(COc3ccccc3)nc3ccccc32)CC1)c1ccccc1. The lowest BCUT2D eigenvalue weighted by atomic mass is 9.96. The molecule has 0 N–H and O–H groups in total. The summed E-state index contributed by atoms with van der Waals surface area (Å²) >= 11 is 0. The third-order valence-corrected chi connectivity index (χ3v) is 6.46. The molecule has 0 unspecified atom stereocenters. The molecule has 5 nitrogen and oxygen atoms in total. The van der Waals surface area contributed by atoms with Crippen LogP contribution in [-0.2, 0) is 13.2 Å². The van der Waals surface area contributed by atoms with Crippen LogP contribution in [0.5, 0.6) is 5.75 Å². The molecule has 0 saturated carbocycles. The third kappa shape index (κ3) is 5.15. The Kier molecular flexibility index (Phi) is 6.49. The number of ketones is 1. The Balaban J connectivity index is 1.23. The van der Waals surface area contributed by atoms with Crippen molar-refractivity contribution < 1.29 is 9.53 Å². The maximum absolute atomic E-state index is 12.6. The highest BCUT2D eigenvalue weighted by Crippen LogP contribution is 2.24. The summed E-state index contributed by atoms with van der Waals surface area (Å²) in [5, 5.41) is 0. The molecule has 3 aromatic carbocycles. The summed E-state index contributed by atoms with van der Waals surface area (Å²) in [6.07, 6.45) is 2.15. The smallest absolute Gasteiger partial charge is 0.176 e. The van der Waals surface area contributed by atoms with E-state index < -0.39 is 0 Å². The van der Waals surface area contributed by atoms with Gasteiger partial charge in [-0.25, -0.2) is 4.98 Å². The van der Waals surface area contributed by atoms with Gasteiger partial charge in [0, 0.05) is 12.1 Å². The Labute approximate surface area is 194 Å². The van der Waals surface area contributed by atoms with Gasteiger partial charge in [0.1, 0.15) is 18.2 Å². The number of Topliss-reactive ketones (excluding diaryl/α,β-unsaturated/α-hetero) is 1. The van der Waals surface area contributed by atoms with Crippen LogP contribution < -0.4 is 4.74 Å².